The van der Waals surface area contributed by atoms with Crippen molar-refractivity contribution in [2.24, 2.45) is 0 Å². The Bertz CT molecular complexity index is 931. The molecule has 0 spiro atoms. The van der Waals surface area contributed by atoms with Crippen molar-refractivity contribution in [1.82, 2.24) is 30.3 Å². The molecule has 0 unspecified atom stereocenters. The van der Waals surface area contributed by atoms with Gasteiger partial charge in [-0.1, -0.05) is 25.1 Å². The molecule has 8 nitrogen and oxygen atoms in total. The summed E-state index contributed by atoms with van der Waals surface area (Å²) >= 11 is 0. The monoisotopic (exact) mass is 368 g/mol. The molecule has 1 fully saturated rings. The number of nitrogens with zero attached hydrogens (tertiary/aromatic N) is 4. The van der Waals surface area contributed by atoms with Gasteiger partial charge in [0.2, 0.25) is 5.89 Å². The Morgan fingerprint density at radius 1 is 1.44 bits per heavy atom. The van der Waals surface area contributed by atoms with E-state index in [1.807, 2.05) is 36.9 Å². The van der Waals surface area contributed by atoms with Gasteiger partial charge >= 0.3 is 6.03 Å². The van der Waals surface area contributed by atoms with E-state index in [4.69, 9.17) is 4.52 Å². The lowest BCUT2D eigenvalue weighted by atomic mass is 9.98. The summed E-state index contributed by atoms with van der Waals surface area (Å²) in [6.45, 7) is 5.90. The van der Waals surface area contributed by atoms with Gasteiger partial charge in [-0.2, -0.15) is 4.98 Å². The van der Waals surface area contributed by atoms with Gasteiger partial charge < -0.3 is 19.7 Å². The van der Waals surface area contributed by atoms with Crippen molar-refractivity contribution in [3.8, 4) is 0 Å². The molecule has 0 aliphatic carbocycles. The highest BCUT2D eigenvalue weighted by atomic mass is 16.5. The maximum atomic E-state index is 12.6. The first kappa shape index (κ1) is 17.5. The van der Waals surface area contributed by atoms with Gasteiger partial charge in [-0.25, -0.2) is 9.78 Å². The second kappa shape index (κ2) is 7.38. The van der Waals surface area contributed by atoms with Crippen LogP contribution in [0.3, 0.4) is 0 Å². The molecule has 1 aromatic carbocycles. The molecule has 3 aromatic rings. The van der Waals surface area contributed by atoms with Crippen molar-refractivity contribution in [3.63, 3.8) is 0 Å². The number of nitrogens with one attached hydrogen (secondary N) is 2. The van der Waals surface area contributed by atoms with Gasteiger partial charge in [-0.05, 0) is 30.5 Å². The number of hydrogen-bond acceptors (Lipinski definition) is 5. The summed E-state index contributed by atoms with van der Waals surface area (Å²) in [5, 5.41) is 7.05. The van der Waals surface area contributed by atoms with Gasteiger partial charge in [-0.3, -0.25) is 0 Å². The predicted octanol–water partition coefficient (Wildman–Crippen LogP) is 3.16. The van der Waals surface area contributed by atoms with E-state index in [9.17, 15) is 4.79 Å². The molecule has 3 heterocycles. The van der Waals surface area contributed by atoms with Gasteiger partial charge in [0, 0.05) is 25.6 Å². The highest BCUT2D eigenvalue weighted by Crippen LogP contribution is 2.26. The van der Waals surface area contributed by atoms with E-state index in [1.165, 1.54) is 0 Å². The maximum Gasteiger partial charge on any atom is 0.317 e. The average Bonchev–Trinajstić information content (AvgIpc) is 3.35. The van der Waals surface area contributed by atoms with Gasteiger partial charge in [0.05, 0.1) is 23.3 Å². The van der Waals surface area contributed by atoms with Crippen molar-refractivity contribution in [1.29, 1.82) is 0 Å². The molecule has 1 saturated heterocycles. The number of carbonyl (C=O) groups excluding carboxylic acids is 1. The molecular weight excluding hydrogens is 344 g/mol. The highest BCUT2D eigenvalue weighted by Gasteiger charge is 2.28. The lowest BCUT2D eigenvalue weighted by molar-refractivity contribution is 0.171. The topological polar surface area (TPSA) is 99.9 Å². The van der Waals surface area contributed by atoms with Crippen LogP contribution in [0.5, 0.6) is 0 Å². The zero-order valence-electron chi connectivity index (χ0n) is 15.6. The Morgan fingerprint density at radius 2 is 2.33 bits per heavy atom. The molecule has 1 aliphatic heterocycles. The Kier molecular flexibility index (Phi) is 4.79. The molecule has 1 aliphatic rings. The van der Waals surface area contributed by atoms with Gasteiger partial charge in [-0.15, -0.1) is 0 Å². The first-order valence-electron chi connectivity index (χ1n) is 9.38. The second-order valence-electron chi connectivity index (χ2n) is 7.34. The fourth-order valence-electron chi connectivity index (χ4n) is 3.39. The highest BCUT2D eigenvalue weighted by molar-refractivity contribution is 5.76. The van der Waals surface area contributed by atoms with Crippen molar-refractivity contribution >= 4 is 17.1 Å². The summed E-state index contributed by atoms with van der Waals surface area (Å²) in [5.41, 5.74) is 2.92. The Morgan fingerprint density at radius 3 is 3.15 bits per heavy atom. The molecule has 1 atom stereocenters. The summed E-state index contributed by atoms with van der Waals surface area (Å²) < 4.78 is 5.43. The Balaban J connectivity index is 1.36. The van der Waals surface area contributed by atoms with E-state index < -0.39 is 0 Å². The Labute approximate surface area is 157 Å². The minimum absolute atomic E-state index is 0.0620. The summed E-state index contributed by atoms with van der Waals surface area (Å²) in [4.78, 5) is 26.2. The molecular formula is C19H24N6O2. The molecule has 2 aromatic heterocycles. The van der Waals surface area contributed by atoms with Crippen molar-refractivity contribution in [2.75, 3.05) is 13.1 Å². The van der Waals surface area contributed by atoms with Crippen LogP contribution in [-0.4, -0.2) is 44.1 Å². The number of amides is 2. The predicted molar refractivity (Wildman–Crippen MR) is 100 cm³/mol. The number of fused-ring (bicyclic) bond motifs is 1. The minimum Gasteiger partial charge on any atom is -0.345 e. The molecule has 27 heavy (non-hydrogen) atoms. The number of piperidine rings is 1. The van der Waals surface area contributed by atoms with Crippen LogP contribution in [0.25, 0.3) is 11.0 Å². The van der Waals surface area contributed by atoms with Crippen LogP contribution in [0.4, 0.5) is 4.79 Å². The van der Waals surface area contributed by atoms with E-state index >= 15 is 0 Å². The Hall–Kier alpha value is -2.90. The third kappa shape index (κ3) is 3.79. The number of benzene rings is 1. The largest absolute Gasteiger partial charge is 0.345 e. The van der Waals surface area contributed by atoms with E-state index in [-0.39, 0.29) is 17.9 Å². The first-order chi connectivity index (χ1) is 13.1. The van der Waals surface area contributed by atoms with Crippen molar-refractivity contribution < 1.29 is 9.32 Å². The lowest BCUT2D eigenvalue weighted by Gasteiger charge is -2.31. The third-order valence-electron chi connectivity index (χ3n) is 4.96. The van der Waals surface area contributed by atoms with Crippen LogP contribution in [0, 0.1) is 0 Å². The number of carbonyl (C=O) groups is 1. The quantitative estimate of drug-likeness (QED) is 0.737. The summed E-state index contributed by atoms with van der Waals surface area (Å²) in [6, 6.07) is 5.88. The zero-order chi connectivity index (χ0) is 18.8. The molecule has 0 saturated carbocycles. The second-order valence-corrected chi connectivity index (χ2v) is 7.34. The van der Waals surface area contributed by atoms with Gasteiger partial charge in [0.25, 0.3) is 0 Å². The number of likely N-dealkylation sites (tertiary alicyclic amines) is 1. The van der Waals surface area contributed by atoms with Crippen LogP contribution in [0.2, 0.25) is 0 Å². The van der Waals surface area contributed by atoms with E-state index in [1.54, 1.807) is 6.33 Å². The summed E-state index contributed by atoms with van der Waals surface area (Å²) in [6.07, 6.45) is 3.56. The fraction of sp³-hybridized carbons (Fsp3) is 0.474. The van der Waals surface area contributed by atoms with E-state index in [2.05, 4.69) is 25.4 Å². The normalized spacial score (nSPS) is 17.6. The first-order valence-corrected chi connectivity index (χ1v) is 9.38. The minimum atomic E-state index is -0.0620. The van der Waals surface area contributed by atoms with Crippen LogP contribution in [0.15, 0.2) is 29.0 Å². The van der Waals surface area contributed by atoms with Gasteiger partial charge in [0.15, 0.2) is 5.82 Å². The molecule has 0 bridgehead atoms. The van der Waals surface area contributed by atoms with Crippen LogP contribution in [-0.2, 0) is 6.54 Å². The number of hydrogen-bond donors (Lipinski definition) is 2. The summed E-state index contributed by atoms with van der Waals surface area (Å²) in [5.74, 6) is 1.70. The third-order valence-corrected chi connectivity index (χ3v) is 4.96. The molecule has 0 radical (unpaired) electrons. The standard InChI is InChI=1S/C19H24N6O2/c1-12(2)17-23-18(27-24-17)14-4-3-7-25(10-14)19(26)20-9-13-5-6-15-16(8-13)22-11-21-15/h5-6,8,11-12,14H,3-4,7,9-10H2,1-2H3,(H,20,26)(H,21,22)/t14-/m0/s1. The van der Waals surface area contributed by atoms with Crippen LogP contribution in [0.1, 0.15) is 55.8 Å². The average molecular weight is 368 g/mol. The smallest absolute Gasteiger partial charge is 0.317 e. The molecule has 142 valence electrons. The number of aromatic nitrogens is 4. The zero-order valence-corrected chi connectivity index (χ0v) is 15.6. The summed E-state index contributed by atoms with van der Waals surface area (Å²) in [7, 11) is 0. The number of rotatable bonds is 4. The van der Waals surface area contributed by atoms with Crippen molar-refractivity contribution in [2.45, 2.75) is 45.1 Å². The van der Waals surface area contributed by atoms with E-state index in [0.717, 1.165) is 41.8 Å². The number of imidazole rings is 1. The molecule has 4 rings (SSSR count). The molecule has 2 amide bonds. The van der Waals surface area contributed by atoms with Crippen molar-refractivity contribution in [3.05, 3.63) is 41.8 Å². The number of H-pyrrole nitrogens is 1. The fourth-order valence-corrected chi connectivity index (χ4v) is 3.39. The number of urea groups is 1. The van der Waals surface area contributed by atoms with E-state index in [0.29, 0.717) is 19.0 Å². The maximum absolute atomic E-state index is 12.6. The molecule has 8 heteroatoms. The lowest BCUT2D eigenvalue weighted by Crippen LogP contribution is -2.44. The van der Waals surface area contributed by atoms with Gasteiger partial charge in [0.1, 0.15) is 0 Å². The van der Waals surface area contributed by atoms with Crippen LogP contribution < -0.4 is 5.32 Å². The molecule has 2 N–H and O–H groups in total. The number of aromatic amines is 1. The van der Waals surface area contributed by atoms with Crippen LogP contribution >= 0.6 is 0 Å². The SMILES string of the molecule is CC(C)c1noc([C@H]2CCCN(C(=O)NCc3ccc4nc[nH]c4c3)C2)n1.